The fourth-order valence-corrected chi connectivity index (χ4v) is 3.20. The number of nitrogens with two attached hydrogens (primary N) is 1. The van der Waals surface area contributed by atoms with Crippen LogP contribution < -0.4 is 16.4 Å². The van der Waals surface area contributed by atoms with E-state index in [0.29, 0.717) is 32.0 Å². The summed E-state index contributed by atoms with van der Waals surface area (Å²) in [6, 6.07) is 4.05. The predicted molar refractivity (Wildman–Crippen MR) is 92.5 cm³/mol. The van der Waals surface area contributed by atoms with E-state index in [-0.39, 0.29) is 24.0 Å². The Morgan fingerprint density at radius 3 is 2.77 bits per heavy atom. The van der Waals surface area contributed by atoms with Crippen LogP contribution in [0.25, 0.3) is 0 Å². The fourth-order valence-electron chi connectivity index (χ4n) is 3.20. The van der Waals surface area contributed by atoms with Crippen molar-refractivity contribution in [1.29, 1.82) is 0 Å². The molecule has 1 fully saturated rings. The van der Waals surface area contributed by atoms with E-state index in [1.807, 2.05) is 0 Å². The summed E-state index contributed by atoms with van der Waals surface area (Å²) in [6.07, 6.45) is -0.429. The molecule has 2 aliphatic heterocycles. The van der Waals surface area contributed by atoms with E-state index in [2.05, 4.69) is 10.6 Å². The Kier molecular flexibility index (Phi) is 5.50. The lowest BCUT2D eigenvalue weighted by Crippen LogP contribution is -2.55. The number of nitrogens with one attached hydrogen (secondary N) is 2. The molecule has 0 bridgehead atoms. The van der Waals surface area contributed by atoms with Gasteiger partial charge in [-0.15, -0.1) is 0 Å². The summed E-state index contributed by atoms with van der Waals surface area (Å²) in [5.41, 5.74) is 6.40. The second kappa shape index (κ2) is 7.81. The molecule has 9 heteroatoms. The highest BCUT2D eigenvalue weighted by atomic mass is 16.5. The first-order valence-electron chi connectivity index (χ1n) is 8.55. The van der Waals surface area contributed by atoms with Crippen molar-refractivity contribution in [3.8, 4) is 0 Å². The van der Waals surface area contributed by atoms with E-state index in [9.17, 15) is 19.5 Å². The number of piperidine rings is 1. The van der Waals surface area contributed by atoms with E-state index in [1.54, 1.807) is 18.2 Å². The lowest BCUT2D eigenvalue weighted by atomic mass is 10.0. The highest BCUT2D eigenvalue weighted by Gasteiger charge is 2.45. The Morgan fingerprint density at radius 2 is 2.04 bits per heavy atom. The van der Waals surface area contributed by atoms with Crippen molar-refractivity contribution in [1.82, 2.24) is 10.2 Å². The third-order valence-electron chi connectivity index (χ3n) is 4.41. The first kappa shape index (κ1) is 18.3. The van der Waals surface area contributed by atoms with Gasteiger partial charge in [0.15, 0.2) is 0 Å². The first-order chi connectivity index (χ1) is 12.5. The SMILES string of the molecule is NCCOCCNc1cccc2c1C(=O)N(C1CC[C@@H](O)NC1=O)C2=O. The average Bonchev–Trinajstić information content (AvgIpc) is 2.87. The van der Waals surface area contributed by atoms with Crippen molar-refractivity contribution in [2.45, 2.75) is 25.1 Å². The Balaban J connectivity index is 1.77. The van der Waals surface area contributed by atoms with Crippen LogP contribution in [-0.2, 0) is 9.53 Å². The van der Waals surface area contributed by atoms with Crippen LogP contribution in [0.4, 0.5) is 5.69 Å². The molecule has 9 nitrogen and oxygen atoms in total. The Labute approximate surface area is 150 Å². The van der Waals surface area contributed by atoms with Crippen molar-refractivity contribution in [2.24, 2.45) is 5.73 Å². The molecule has 0 radical (unpaired) electrons. The van der Waals surface area contributed by atoms with Crippen molar-refractivity contribution in [3.63, 3.8) is 0 Å². The second-order valence-electron chi connectivity index (χ2n) is 6.15. The van der Waals surface area contributed by atoms with Gasteiger partial charge in [0.25, 0.3) is 11.8 Å². The third-order valence-corrected chi connectivity index (χ3v) is 4.41. The number of carbonyl (C=O) groups excluding carboxylic acids is 3. The number of anilines is 1. The van der Waals surface area contributed by atoms with Gasteiger partial charge in [-0.05, 0) is 25.0 Å². The number of rotatable bonds is 7. The number of imide groups is 1. The highest BCUT2D eigenvalue weighted by molar-refractivity contribution is 6.25. The predicted octanol–water partition coefficient (Wildman–Crippen LogP) is -0.733. The maximum atomic E-state index is 12.9. The third kappa shape index (κ3) is 3.41. The lowest BCUT2D eigenvalue weighted by Gasteiger charge is -2.31. The molecule has 5 N–H and O–H groups in total. The van der Waals surface area contributed by atoms with Crippen LogP contribution in [0.2, 0.25) is 0 Å². The average molecular weight is 362 g/mol. The van der Waals surface area contributed by atoms with Crippen LogP contribution in [0.5, 0.6) is 0 Å². The highest BCUT2D eigenvalue weighted by Crippen LogP contribution is 2.32. The van der Waals surface area contributed by atoms with Gasteiger partial charge >= 0.3 is 0 Å². The Bertz CT molecular complexity index is 723. The normalized spacial score (nSPS) is 22.4. The van der Waals surface area contributed by atoms with Gasteiger partial charge in [-0.2, -0.15) is 0 Å². The Morgan fingerprint density at radius 1 is 1.23 bits per heavy atom. The Hall–Kier alpha value is -2.49. The molecule has 0 spiro atoms. The molecule has 1 aromatic carbocycles. The van der Waals surface area contributed by atoms with Gasteiger partial charge in [0.2, 0.25) is 5.91 Å². The molecular weight excluding hydrogens is 340 g/mol. The molecule has 3 rings (SSSR count). The molecular formula is C17H22N4O5. The van der Waals surface area contributed by atoms with E-state index in [4.69, 9.17) is 10.5 Å². The van der Waals surface area contributed by atoms with Gasteiger partial charge in [-0.1, -0.05) is 6.07 Å². The van der Waals surface area contributed by atoms with Gasteiger partial charge in [0.05, 0.1) is 24.3 Å². The van der Waals surface area contributed by atoms with Gasteiger partial charge < -0.3 is 26.2 Å². The van der Waals surface area contributed by atoms with Crippen molar-refractivity contribution >= 4 is 23.4 Å². The maximum absolute atomic E-state index is 12.9. The quantitative estimate of drug-likeness (QED) is 0.371. The summed E-state index contributed by atoms with van der Waals surface area (Å²) in [4.78, 5) is 38.7. The monoisotopic (exact) mass is 362 g/mol. The molecule has 1 saturated heterocycles. The molecule has 3 amide bonds. The van der Waals surface area contributed by atoms with Crippen LogP contribution in [-0.4, -0.2) is 66.3 Å². The number of hydrogen-bond acceptors (Lipinski definition) is 7. The van der Waals surface area contributed by atoms with Crippen LogP contribution >= 0.6 is 0 Å². The summed E-state index contributed by atoms with van der Waals surface area (Å²) >= 11 is 0. The zero-order chi connectivity index (χ0) is 18.7. The van der Waals surface area contributed by atoms with Crippen molar-refractivity contribution < 1.29 is 24.2 Å². The molecule has 1 unspecified atom stereocenters. The summed E-state index contributed by atoms with van der Waals surface area (Å²) in [6.45, 7) is 1.74. The molecule has 0 saturated carbocycles. The minimum absolute atomic E-state index is 0.230. The van der Waals surface area contributed by atoms with Gasteiger partial charge in [-0.25, -0.2) is 0 Å². The van der Waals surface area contributed by atoms with E-state index >= 15 is 0 Å². The number of carbonyl (C=O) groups is 3. The van der Waals surface area contributed by atoms with Crippen molar-refractivity contribution in [2.75, 3.05) is 31.6 Å². The second-order valence-corrected chi connectivity index (χ2v) is 6.15. The van der Waals surface area contributed by atoms with Gasteiger partial charge in [0.1, 0.15) is 12.3 Å². The molecule has 2 heterocycles. The molecule has 2 atom stereocenters. The molecule has 1 aromatic rings. The van der Waals surface area contributed by atoms with Crippen LogP contribution in [0, 0.1) is 0 Å². The largest absolute Gasteiger partial charge is 0.382 e. The fraction of sp³-hybridized carbons (Fsp3) is 0.471. The van der Waals surface area contributed by atoms with Crippen LogP contribution in [0.1, 0.15) is 33.6 Å². The number of ether oxygens (including phenoxy) is 1. The minimum Gasteiger partial charge on any atom is -0.382 e. The minimum atomic E-state index is -0.945. The number of amides is 3. The number of hydrogen-bond donors (Lipinski definition) is 4. The number of aliphatic hydroxyl groups is 1. The molecule has 0 aliphatic carbocycles. The molecule has 0 aromatic heterocycles. The van der Waals surface area contributed by atoms with E-state index < -0.39 is 30.0 Å². The lowest BCUT2D eigenvalue weighted by molar-refractivity contribution is -0.131. The maximum Gasteiger partial charge on any atom is 0.264 e. The summed E-state index contributed by atoms with van der Waals surface area (Å²) < 4.78 is 5.29. The van der Waals surface area contributed by atoms with Crippen LogP contribution in [0.15, 0.2) is 18.2 Å². The number of fused-ring (bicyclic) bond motifs is 1. The first-order valence-corrected chi connectivity index (χ1v) is 8.55. The molecule has 140 valence electrons. The number of nitrogens with zero attached hydrogens (tertiary/aromatic N) is 1. The van der Waals surface area contributed by atoms with E-state index in [0.717, 1.165) is 4.90 Å². The van der Waals surface area contributed by atoms with E-state index in [1.165, 1.54) is 0 Å². The smallest absolute Gasteiger partial charge is 0.264 e. The zero-order valence-electron chi connectivity index (χ0n) is 14.2. The molecule has 2 aliphatic rings. The summed E-state index contributed by atoms with van der Waals surface area (Å²) in [5, 5.41) is 15.0. The van der Waals surface area contributed by atoms with Gasteiger partial charge in [-0.3, -0.25) is 19.3 Å². The standard InChI is InChI=1S/C17H22N4O5/c18-6-8-26-9-7-19-11-3-1-2-10-14(11)17(25)21(16(10)24)12-4-5-13(22)20-15(12)23/h1-3,12-13,19,22H,4-9,18H2,(H,20,23)/t12?,13-/m1/s1. The topological polar surface area (TPSA) is 134 Å². The number of benzene rings is 1. The van der Waals surface area contributed by atoms with Crippen molar-refractivity contribution in [3.05, 3.63) is 29.3 Å². The number of aliphatic hydroxyl groups excluding tert-OH is 1. The zero-order valence-corrected chi connectivity index (χ0v) is 14.2. The summed E-state index contributed by atoms with van der Waals surface area (Å²) in [5.74, 6) is -1.53. The van der Waals surface area contributed by atoms with Gasteiger partial charge in [0, 0.05) is 18.8 Å². The van der Waals surface area contributed by atoms with Crippen LogP contribution in [0.3, 0.4) is 0 Å². The summed E-state index contributed by atoms with van der Waals surface area (Å²) in [7, 11) is 0. The molecule has 26 heavy (non-hydrogen) atoms.